The first-order chi connectivity index (χ1) is 9.56. The van der Waals surface area contributed by atoms with Gasteiger partial charge in [-0.15, -0.1) is 24.8 Å². The maximum atomic E-state index is 12.5. The summed E-state index contributed by atoms with van der Waals surface area (Å²) in [6.07, 6.45) is 1.03. The van der Waals surface area contributed by atoms with E-state index in [0.29, 0.717) is 22.3 Å². The molecule has 2 rings (SSSR count). The quantitative estimate of drug-likeness (QED) is 0.829. The molecule has 1 aliphatic heterocycles. The van der Waals surface area contributed by atoms with Crippen molar-refractivity contribution in [1.82, 2.24) is 9.80 Å². The van der Waals surface area contributed by atoms with Crippen LogP contribution in [0.15, 0.2) is 18.2 Å². The molecule has 126 valence electrons. The van der Waals surface area contributed by atoms with Crippen LogP contribution in [0.3, 0.4) is 0 Å². The molecule has 1 heterocycles. The van der Waals surface area contributed by atoms with E-state index < -0.39 is 0 Å². The molecule has 1 aliphatic rings. The van der Waals surface area contributed by atoms with Gasteiger partial charge < -0.3 is 10.6 Å². The van der Waals surface area contributed by atoms with Crippen molar-refractivity contribution in [3.63, 3.8) is 0 Å². The molecule has 0 radical (unpaired) electrons. The van der Waals surface area contributed by atoms with E-state index in [4.69, 9.17) is 17.3 Å². The summed E-state index contributed by atoms with van der Waals surface area (Å²) in [5.74, 6) is 0.00431. The van der Waals surface area contributed by atoms with E-state index in [9.17, 15) is 4.79 Å². The van der Waals surface area contributed by atoms with Crippen molar-refractivity contribution >= 4 is 48.0 Å². The Balaban J connectivity index is 0.00000220. The normalized spacial score (nSPS) is 17.1. The Labute approximate surface area is 149 Å². The summed E-state index contributed by atoms with van der Waals surface area (Å²) < 4.78 is 0. The predicted octanol–water partition coefficient (Wildman–Crippen LogP) is 3.32. The monoisotopic (exact) mass is 367 g/mol. The van der Waals surface area contributed by atoms with Crippen LogP contribution in [-0.2, 0) is 0 Å². The van der Waals surface area contributed by atoms with Crippen LogP contribution < -0.4 is 5.73 Å². The zero-order valence-electron chi connectivity index (χ0n) is 12.9. The van der Waals surface area contributed by atoms with Gasteiger partial charge in [-0.2, -0.15) is 0 Å². The first-order valence-electron chi connectivity index (χ1n) is 7.15. The number of halogens is 3. The SMILES string of the molecule is CCN(CC)C1CCN(C(=O)c2ccc(N)cc2Cl)C1.Cl.Cl. The number of nitrogens with two attached hydrogens (primary N) is 1. The van der Waals surface area contributed by atoms with E-state index in [1.54, 1.807) is 18.2 Å². The Hall–Kier alpha value is -0.680. The van der Waals surface area contributed by atoms with Gasteiger partial charge in [0.15, 0.2) is 0 Å². The van der Waals surface area contributed by atoms with Crippen LogP contribution in [0.2, 0.25) is 5.02 Å². The predicted molar refractivity (Wildman–Crippen MR) is 97.6 cm³/mol. The van der Waals surface area contributed by atoms with E-state index in [1.165, 1.54) is 0 Å². The largest absolute Gasteiger partial charge is 0.399 e. The molecule has 1 saturated heterocycles. The number of likely N-dealkylation sites (tertiary alicyclic amines) is 1. The van der Waals surface area contributed by atoms with E-state index in [2.05, 4.69) is 18.7 Å². The zero-order chi connectivity index (χ0) is 14.7. The average Bonchev–Trinajstić information content (AvgIpc) is 2.89. The molecule has 2 N–H and O–H groups in total. The van der Waals surface area contributed by atoms with E-state index in [0.717, 1.165) is 32.6 Å². The highest BCUT2D eigenvalue weighted by Gasteiger charge is 2.30. The summed E-state index contributed by atoms with van der Waals surface area (Å²) in [6.45, 7) is 7.93. The fourth-order valence-corrected chi connectivity index (χ4v) is 3.11. The highest BCUT2D eigenvalue weighted by atomic mass is 35.5. The zero-order valence-corrected chi connectivity index (χ0v) is 15.3. The molecule has 0 spiro atoms. The van der Waals surface area contributed by atoms with Crippen LogP contribution >= 0.6 is 36.4 Å². The third kappa shape index (κ3) is 4.66. The van der Waals surface area contributed by atoms with Gasteiger partial charge in [-0.05, 0) is 37.7 Å². The molecule has 22 heavy (non-hydrogen) atoms. The lowest BCUT2D eigenvalue weighted by Crippen LogP contribution is -2.38. The first kappa shape index (κ1) is 21.3. The Morgan fingerprint density at radius 1 is 1.36 bits per heavy atom. The Morgan fingerprint density at radius 3 is 2.55 bits per heavy atom. The third-order valence-corrected chi connectivity index (χ3v) is 4.32. The Bertz CT molecular complexity index is 495. The van der Waals surface area contributed by atoms with Crippen LogP contribution in [0, 0.1) is 0 Å². The second kappa shape index (κ2) is 9.46. The van der Waals surface area contributed by atoms with Crippen LogP contribution in [0.1, 0.15) is 30.6 Å². The summed E-state index contributed by atoms with van der Waals surface area (Å²) in [7, 11) is 0. The van der Waals surface area contributed by atoms with Gasteiger partial charge in [0.05, 0.1) is 10.6 Å². The van der Waals surface area contributed by atoms with Gasteiger partial charge in [0, 0.05) is 24.8 Å². The smallest absolute Gasteiger partial charge is 0.255 e. The Kier molecular flexibility index (Phi) is 9.16. The maximum Gasteiger partial charge on any atom is 0.255 e. The number of rotatable bonds is 4. The van der Waals surface area contributed by atoms with E-state index in [-0.39, 0.29) is 30.7 Å². The van der Waals surface area contributed by atoms with Gasteiger partial charge in [0.25, 0.3) is 5.91 Å². The number of anilines is 1. The van der Waals surface area contributed by atoms with Crippen molar-refractivity contribution in [3.8, 4) is 0 Å². The van der Waals surface area contributed by atoms with Crippen LogP contribution in [0.4, 0.5) is 5.69 Å². The van der Waals surface area contributed by atoms with Crippen molar-refractivity contribution < 1.29 is 4.79 Å². The number of hydrogen-bond acceptors (Lipinski definition) is 3. The number of carbonyl (C=O) groups is 1. The van der Waals surface area contributed by atoms with Gasteiger partial charge in [0.2, 0.25) is 0 Å². The van der Waals surface area contributed by atoms with Gasteiger partial charge in [-0.1, -0.05) is 25.4 Å². The van der Waals surface area contributed by atoms with Crippen molar-refractivity contribution in [3.05, 3.63) is 28.8 Å². The van der Waals surface area contributed by atoms with Gasteiger partial charge >= 0.3 is 0 Å². The topological polar surface area (TPSA) is 49.6 Å². The molecule has 1 aromatic rings. The molecule has 0 saturated carbocycles. The van der Waals surface area contributed by atoms with E-state index >= 15 is 0 Å². The number of amides is 1. The van der Waals surface area contributed by atoms with Gasteiger partial charge in [-0.25, -0.2) is 0 Å². The van der Waals surface area contributed by atoms with Crippen molar-refractivity contribution in [2.75, 3.05) is 31.9 Å². The van der Waals surface area contributed by atoms with E-state index in [1.807, 2.05) is 4.90 Å². The second-order valence-corrected chi connectivity index (χ2v) is 5.56. The molecule has 0 aromatic heterocycles. The van der Waals surface area contributed by atoms with Crippen LogP contribution in [0.5, 0.6) is 0 Å². The standard InChI is InChI=1S/C15H22ClN3O.2ClH/c1-3-18(4-2)12-7-8-19(10-12)15(20)13-6-5-11(17)9-14(13)16;;/h5-6,9,12H,3-4,7-8,10,17H2,1-2H3;2*1H. The molecule has 7 heteroatoms. The number of nitrogens with zero attached hydrogens (tertiary/aromatic N) is 2. The minimum atomic E-state index is 0. The lowest BCUT2D eigenvalue weighted by Gasteiger charge is -2.26. The maximum absolute atomic E-state index is 12.5. The average molecular weight is 369 g/mol. The lowest BCUT2D eigenvalue weighted by molar-refractivity contribution is 0.0778. The van der Waals surface area contributed by atoms with Crippen molar-refractivity contribution in [2.24, 2.45) is 0 Å². The first-order valence-corrected chi connectivity index (χ1v) is 7.53. The molecule has 0 aliphatic carbocycles. The summed E-state index contributed by atoms with van der Waals surface area (Å²) in [5.41, 5.74) is 6.78. The van der Waals surface area contributed by atoms with Crippen LogP contribution in [0.25, 0.3) is 0 Å². The lowest BCUT2D eigenvalue weighted by atomic mass is 10.2. The molecule has 1 unspecified atom stereocenters. The molecule has 1 atom stereocenters. The number of hydrogen-bond donors (Lipinski definition) is 1. The third-order valence-electron chi connectivity index (χ3n) is 4.00. The summed E-state index contributed by atoms with van der Waals surface area (Å²) >= 11 is 6.12. The van der Waals surface area contributed by atoms with Gasteiger partial charge in [0.1, 0.15) is 0 Å². The number of benzene rings is 1. The second-order valence-electron chi connectivity index (χ2n) is 5.15. The number of carbonyl (C=O) groups excluding carboxylic acids is 1. The summed E-state index contributed by atoms with van der Waals surface area (Å²) in [5, 5.41) is 0.432. The summed E-state index contributed by atoms with van der Waals surface area (Å²) in [4.78, 5) is 16.8. The number of nitrogen functional groups attached to an aromatic ring is 1. The number of likely N-dealkylation sites (N-methyl/N-ethyl adjacent to an activating group) is 1. The highest BCUT2D eigenvalue weighted by molar-refractivity contribution is 6.34. The van der Waals surface area contributed by atoms with Gasteiger partial charge in [-0.3, -0.25) is 9.69 Å². The molecule has 1 amide bonds. The molecular weight excluding hydrogens is 345 g/mol. The minimum Gasteiger partial charge on any atom is -0.399 e. The fourth-order valence-electron chi connectivity index (χ4n) is 2.84. The van der Waals surface area contributed by atoms with Crippen molar-refractivity contribution in [1.29, 1.82) is 0 Å². The van der Waals surface area contributed by atoms with Crippen molar-refractivity contribution in [2.45, 2.75) is 26.3 Å². The fraction of sp³-hybridized carbons (Fsp3) is 0.533. The molecular formula is C15H24Cl3N3O. The highest BCUT2D eigenvalue weighted by Crippen LogP contribution is 2.23. The van der Waals surface area contributed by atoms with Crippen LogP contribution in [-0.4, -0.2) is 47.9 Å². The summed E-state index contributed by atoms with van der Waals surface area (Å²) in [6, 6.07) is 5.52. The molecule has 1 fully saturated rings. The molecule has 0 bridgehead atoms. The minimum absolute atomic E-state index is 0. The molecule has 1 aromatic carbocycles. The molecule has 4 nitrogen and oxygen atoms in total. The Morgan fingerprint density at radius 2 is 2.00 bits per heavy atom.